The highest BCUT2D eigenvalue weighted by Crippen LogP contribution is 2.20. The van der Waals surface area contributed by atoms with Crippen LogP contribution in [0.3, 0.4) is 0 Å². The molecule has 3 amide bonds. The number of hydrogen-bond acceptors (Lipinski definition) is 6. The quantitative estimate of drug-likeness (QED) is 0.324. The fourth-order valence-electron chi connectivity index (χ4n) is 3.01. The molecule has 10 heteroatoms. The maximum Gasteiger partial charge on any atom is 0.326 e. The molecule has 4 unspecified atom stereocenters. The topological polar surface area (TPSA) is 142 Å². The molecular weight excluding hydrogens is 384 g/mol. The molecule has 0 aromatic carbocycles. The molecular formula is C18H32N4O5S. The maximum atomic E-state index is 12.7. The number of carbonyl (C=O) groups excluding carboxylic acids is 3. The van der Waals surface area contributed by atoms with Gasteiger partial charge in [0.05, 0.1) is 6.04 Å². The van der Waals surface area contributed by atoms with Crippen molar-refractivity contribution in [2.75, 3.05) is 12.3 Å². The molecule has 0 aliphatic carbocycles. The van der Waals surface area contributed by atoms with Crippen molar-refractivity contribution in [3.05, 3.63) is 0 Å². The zero-order valence-electron chi connectivity index (χ0n) is 16.8. The zero-order chi connectivity index (χ0) is 21.6. The average molecular weight is 417 g/mol. The molecule has 9 nitrogen and oxygen atoms in total. The van der Waals surface area contributed by atoms with Crippen LogP contribution in [0.15, 0.2) is 0 Å². The number of carboxylic acids is 1. The summed E-state index contributed by atoms with van der Waals surface area (Å²) < 4.78 is 0. The molecule has 4 atom stereocenters. The number of thiol groups is 1. The summed E-state index contributed by atoms with van der Waals surface area (Å²) in [4.78, 5) is 50.4. The van der Waals surface area contributed by atoms with E-state index in [1.54, 1.807) is 13.8 Å². The van der Waals surface area contributed by atoms with Gasteiger partial charge in [-0.1, -0.05) is 27.7 Å². The first-order valence-corrected chi connectivity index (χ1v) is 10.1. The monoisotopic (exact) mass is 416 g/mol. The Hall–Kier alpha value is -1.81. The minimum atomic E-state index is -1.15. The SMILES string of the molecule is CC(C)C(N)C(=O)N1CCCC1C(=O)NC(CS)C(=O)NC(C(=O)O)C(C)C. The van der Waals surface area contributed by atoms with Crippen LogP contribution in [0, 0.1) is 11.8 Å². The van der Waals surface area contributed by atoms with Gasteiger partial charge in [-0.2, -0.15) is 12.6 Å². The van der Waals surface area contributed by atoms with Crippen LogP contribution in [0.1, 0.15) is 40.5 Å². The van der Waals surface area contributed by atoms with Gasteiger partial charge in [-0.05, 0) is 24.7 Å². The van der Waals surface area contributed by atoms with Gasteiger partial charge in [0.2, 0.25) is 17.7 Å². The number of hydrogen-bond donors (Lipinski definition) is 5. The molecule has 0 radical (unpaired) electrons. The molecule has 1 heterocycles. The van der Waals surface area contributed by atoms with Gasteiger partial charge in [-0.25, -0.2) is 4.79 Å². The number of aliphatic carboxylic acids is 1. The van der Waals surface area contributed by atoms with Crippen molar-refractivity contribution in [3.63, 3.8) is 0 Å². The molecule has 0 bridgehead atoms. The molecule has 0 spiro atoms. The van der Waals surface area contributed by atoms with E-state index in [-0.39, 0.29) is 23.5 Å². The Morgan fingerprint density at radius 1 is 1.14 bits per heavy atom. The molecule has 0 aromatic heterocycles. The van der Waals surface area contributed by atoms with E-state index in [1.807, 2.05) is 13.8 Å². The van der Waals surface area contributed by atoms with E-state index in [0.29, 0.717) is 19.4 Å². The number of carboxylic acid groups (broad SMARTS) is 1. The summed E-state index contributed by atoms with van der Waals surface area (Å²) >= 11 is 4.10. The first-order valence-electron chi connectivity index (χ1n) is 9.51. The average Bonchev–Trinajstić information content (AvgIpc) is 3.11. The van der Waals surface area contributed by atoms with Gasteiger partial charge in [-0.3, -0.25) is 14.4 Å². The summed E-state index contributed by atoms with van der Waals surface area (Å²) in [5.41, 5.74) is 5.93. The fourth-order valence-corrected chi connectivity index (χ4v) is 3.27. The second kappa shape index (κ2) is 10.7. The number of nitrogens with one attached hydrogen (secondary N) is 2. The Balaban J connectivity index is 2.80. The highest BCUT2D eigenvalue weighted by Gasteiger charge is 2.38. The van der Waals surface area contributed by atoms with Gasteiger partial charge < -0.3 is 26.4 Å². The Kier molecular flexibility index (Phi) is 9.22. The third kappa shape index (κ3) is 6.10. The third-order valence-corrected chi connectivity index (χ3v) is 5.25. The summed E-state index contributed by atoms with van der Waals surface area (Å²) in [5, 5.41) is 14.2. The lowest BCUT2D eigenvalue weighted by molar-refractivity contribution is -0.144. The highest BCUT2D eigenvalue weighted by atomic mass is 32.1. The van der Waals surface area contributed by atoms with Gasteiger partial charge in [0.25, 0.3) is 0 Å². The van der Waals surface area contributed by atoms with Gasteiger partial charge in [0.15, 0.2) is 0 Å². The van der Waals surface area contributed by atoms with Crippen molar-refractivity contribution in [1.82, 2.24) is 15.5 Å². The second-order valence-corrected chi connectivity index (χ2v) is 8.14. The molecule has 1 aliphatic rings. The lowest BCUT2D eigenvalue weighted by atomic mass is 10.0. The van der Waals surface area contributed by atoms with Crippen molar-refractivity contribution in [2.45, 2.75) is 64.7 Å². The summed E-state index contributed by atoms with van der Waals surface area (Å²) in [6.45, 7) is 7.45. The summed E-state index contributed by atoms with van der Waals surface area (Å²) in [6.07, 6.45) is 1.15. The standard InChI is InChI=1S/C18H32N4O5S/c1-9(2)13(19)17(25)22-7-5-6-12(22)16(24)20-11(8-28)15(23)21-14(10(3)4)18(26)27/h9-14,28H,5-8,19H2,1-4H3,(H,20,24)(H,21,23)(H,26,27). The van der Waals surface area contributed by atoms with Crippen LogP contribution in [0.5, 0.6) is 0 Å². The number of nitrogens with two attached hydrogens (primary N) is 1. The van der Waals surface area contributed by atoms with Crippen LogP contribution in [0.4, 0.5) is 0 Å². The minimum Gasteiger partial charge on any atom is -0.480 e. The lowest BCUT2D eigenvalue weighted by Crippen LogP contribution is -2.58. The molecule has 0 aromatic rings. The smallest absolute Gasteiger partial charge is 0.326 e. The van der Waals surface area contributed by atoms with E-state index in [9.17, 15) is 24.3 Å². The molecule has 1 aliphatic heterocycles. The van der Waals surface area contributed by atoms with Crippen LogP contribution in [-0.4, -0.2) is 70.2 Å². The van der Waals surface area contributed by atoms with Crippen LogP contribution in [0.25, 0.3) is 0 Å². The molecule has 1 rings (SSSR count). The van der Waals surface area contributed by atoms with Crippen molar-refractivity contribution in [2.24, 2.45) is 17.6 Å². The van der Waals surface area contributed by atoms with Crippen LogP contribution < -0.4 is 16.4 Å². The van der Waals surface area contributed by atoms with Crippen molar-refractivity contribution in [1.29, 1.82) is 0 Å². The minimum absolute atomic E-state index is 0.00577. The van der Waals surface area contributed by atoms with E-state index < -0.39 is 42.0 Å². The van der Waals surface area contributed by atoms with Gasteiger partial charge in [0, 0.05) is 12.3 Å². The van der Waals surface area contributed by atoms with Crippen molar-refractivity contribution in [3.8, 4) is 0 Å². The van der Waals surface area contributed by atoms with Crippen LogP contribution >= 0.6 is 12.6 Å². The normalized spacial score (nSPS) is 20.0. The zero-order valence-corrected chi connectivity index (χ0v) is 17.7. The first-order chi connectivity index (χ1) is 13.0. The summed E-state index contributed by atoms with van der Waals surface area (Å²) in [7, 11) is 0. The second-order valence-electron chi connectivity index (χ2n) is 7.77. The molecule has 0 saturated carbocycles. The Morgan fingerprint density at radius 3 is 2.21 bits per heavy atom. The molecule has 1 fully saturated rings. The van der Waals surface area contributed by atoms with E-state index in [0.717, 1.165) is 0 Å². The number of nitrogens with zero attached hydrogens (tertiary/aromatic N) is 1. The Labute approximate surface area is 171 Å². The van der Waals surface area contributed by atoms with Crippen LogP contribution in [-0.2, 0) is 19.2 Å². The molecule has 1 saturated heterocycles. The first kappa shape index (κ1) is 24.2. The third-order valence-electron chi connectivity index (χ3n) is 4.89. The number of amides is 3. The Morgan fingerprint density at radius 2 is 1.75 bits per heavy atom. The van der Waals surface area contributed by atoms with E-state index in [2.05, 4.69) is 23.3 Å². The number of carbonyl (C=O) groups is 4. The molecule has 5 N–H and O–H groups in total. The van der Waals surface area contributed by atoms with E-state index >= 15 is 0 Å². The summed E-state index contributed by atoms with van der Waals surface area (Å²) in [6, 6.07) is -3.47. The van der Waals surface area contributed by atoms with Gasteiger partial charge in [-0.15, -0.1) is 0 Å². The predicted molar refractivity (Wildman–Crippen MR) is 108 cm³/mol. The largest absolute Gasteiger partial charge is 0.480 e. The Bertz CT molecular complexity index is 599. The van der Waals surface area contributed by atoms with Crippen LogP contribution in [0.2, 0.25) is 0 Å². The number of rotatable bonds is 9. The van der Waals surface area contributed by atoms with Gasteiger partial charge >= 0.3 is 5.97 Å². The fraction of sp³-hybridized carbons (Fsp3) is 0.778. The highest BCUT2D eigenvalue weighted by molar-refractivity contribution is 7.80. The molecule has 160 valence electrons. The predicted octanol–water partition coefficient (Wildman–Crippen LogP) is -0.399. The molecule has 28 heavy (non-hydrogen) atoms. The number of likely N-dealkylation sites (tertiary alicyclic amines) is 1. The summed E-state index contributed by atoms with van der Waals surface area (Å²) in [5.74, 6) is -2.91. The van der Waals surface area contributed by atoms with E-state index in [1.165, 1.54) is 4.90 Å². The van der Waals surface area contributed by atoms with Crippen molar-refractivity contribution < 1.29 is 24.3 Å². The lowest BCUT2D eigenvalue weighted by Gasteiger charge is -2.29. The van der Waals surface area contributed by atoms with E-state index in [4.69, 9.17) is 5.73 Å². The maximum absolute atomic E-state index is 12.7. The van der Waals surface area contributed by atoms with Crippen molar-refractivity contribution >= 4 is 36.3 Å². The van der Waals surface area contributed by atoms with Gasteiger partial charge in [0.1, 0.15) is 18.1 Å².